The second-order valence-corrected chi connectivity index (χ2v) is 3.58. The first-order valence-electron chi connectivity index (χ1n) is 4.82. The van der Waals surface area contributed by atoms with Crippen molar-refractivity contribution in [1.82, 2.24) is 20.2 Å². The Kier molecular flexibility index (Phi) is 4.17. The van der Waals surface area contributed by atoms with Crippen LogP contribution in [0.2, 0.25) is 0 Å². The van der Waals surface area contributed by atoms with Crippen LogP contribution in [0.3, 0.4) is 0 Å². The summed E-state index contributed by atoms with van der Waals surface area (Å²) in [4.78, 5) is 21.5. The maximum atomic E-state index is 11.5. The molecule has 0 fully saturated rings. The monoisotopic (exact) mass is 208 g/mol. The first-order chi connectivity index (χ1) is 7.09. The number of hydrogen-bond acceptors (Lipinski definition) is 4. The molecule has 0 aromatic carbocycles. The molecule has 0 saturated carbocycles. The number of rotatable bonds is 4. The topological polar surface area (TPSA) is 58.1 Å². The highest BCUT2D eigenvalue weighted by Gasteiger charge is 2.07. The van der Waals surface area contributed by atoms with E-state index >= 15 is 0 Å². The van der Waals surface area contributed by atoms with Crippen LogP contribution in [0.4, 0.5) is 0 Å². The Labute approximate surface area is 89.5 Å². The summed E-state index contributed by atoms with van der Waals surface area (Å²) in [6.45, 7) is 3.24. The molecule has 0 aliphatic rings. The quantitative estimate of drug-likeness (QED) is 0.761. The summed E-state index contributed by atoms with van der Waals surface area (Å²) in [6, 6.07) is 1.76. The molecular weight excluding hydrogens is 192 g/mol. The van der Waals surface area contributed by atoms with E-state index in [2.05, 4.69) is 15.3 Å². The van der Waals surface area contributed by atoms with E-state index in [1.54, 1.807) is 12.3 Å². The van der Waals surface area contributed by atoms with Gasteiger partial charge in [-0.15, -0.1) is 0 Å². The maximum Gasteiger partial charge on any atom is 0.289 e. The zero-order valence-corrected chi connectivity index (χ0v) is 9.32. The highest BCUT2D eigenvalue weighted by atomic mass is 16.2. The van der Waals surface area contributed by atoms with E-state index in [1.807, 2.05) is 25.9 Å². The fourth-order valence-corrected chi connectivity index (χ4v) is 1.03. The number of amides is 1. The number of aryl methyl sites for hydroxylation is 1. The molecule has 82 valence electrons. The van der Waals surface area contributed by atoms with Gasteiger partial charge in [-0.1, -0.05) is 0 Å². The predicted molar refractivity (Wildman–Crippen MR) is 57.7 cm³/mol. The Morgan fingerprint density at radius 2 is 2.27 bits per heavy atom. The summed E-state index contributed by atoms with van der Waals surface area (Å²) >= 11 is 0. The lowest BCUT2D eigenvalue weighted by molar-refractivity contribution is 0.0940. The normalized spacial score (nSPS) is 10.4. The highest BCUT2D eigenvalue weighted by Crippen LogP contribution is 1.92. The van der Waals surface area contributed by atoms with Crippen LogP contribution in [0.1, 0.15) is 16.3 Å². The molecule has 0 aliphatic heterocycles. The Bertz CT molecular complexity index is 338. The number of hydrogen-bond donors (Lipinski definition) is 1. The van der Waals surface area contributed by atoms with Crippen LogP contribution in [0.5, 0.6) is 0 Å². The van der Waals surface area contributed by atoms with Crippen LogP contribution in [-0.4, -0.2) is 48.0 Å². The summed E-state index contributed by atoms with van der Waals surface area (Å²) in [6.07, 6.45) is 1.59. The minimum atomic E-state index is -0.222. The molecule has 1 aromatic rings. The van der Waals surface area contributed by atoms with E-state index in [4.69, 9.17) is 0 Å². The largest absolute Gasteiger partial charge is 0.348 e. The lowest BCUT2D eigenvalue weighted by Crippen LogP contribution is -2.32. The molecule has 1 rings (SSSR count). The highest BCUT2D eigenvalue weighted by molar-refractivity contribution is 5.90. The van der Waals surface area contributed by atoms with Crippen molar-refractivity contribution in [3.8, 4) is 0 Å². The zero-order valence-electron chi connectivity index (χ0n) is 9.32. The van der Waals surface area contributed by atoms with Crippen molar-refractivity contribution in [2.45, 2.75) is 6.92 Å². The van der Waals surface area contributed by atoms with Crippen LogP contribution in [0, 0.1) is 6.92 Å². The summed E-state index contributed by atoms with van der Waals surface area (Å²) < 4.78 is 0. The number of nitrogens with zero attached hydrogens (tertiary/aromatic N) is 3. The first-order valence-corrected chi connectivity index (χ1v) is 4.82. The van der Waals surface area contributed by atoms with E-state index in [-0.39, 0.29) is 11.7 Å². The fourth-order valence-electron chi connectivity index (χ4n) is 1.03. The molecule has 0 aliphatic carbocycles. The summed E-state index contributed by atoms with van der Waals surface area (Å²) in [7, 11) is 3.91. The van der Waals surface area contributed by atoms with Gasteiger partial charge in [-0.3, -0.25) is 4.79 Å². The third-order valence-electron chi connectivity index (χ3n) is 1.84. The number of likely N-dealkylation sites (N-methyl/N-ethyl adjacent to an activating group) is 1. The Balaban J connectivity index is 2.47. The lowest BCUT2D eigenvalue weighted by atomic mass is 10.4. The average molecular weight is 208 g/mol. The zero-order chi connectivity index (χ0) is 11.3. The van der Waals surface area contributed by atoms with E-state index in [1.165, 1.54) is 0 Å². The van der Waals surface area contributed by atoms with Crippen LogP contribution >= 0.6 is 0 Å². The number of carbonyl (C=O) groups excluding carboxylic acids is 1. The van der Waals surface area contributed by atoms with Gasteiger partial charge >= 0.3 is 0 Å². The van der Waals surface area contributed by atoms with Gasteiger partial charge in [-0.2, -0.15) is 0 Å². The van der Waals surface area contributed by atoms with Gasteiger partial charge in [0, 0.05) is 25.0 Å². The van der Waals surface area contributed by atoms with Crippen LogP contribution in [0.15, 0.2) is 12.3 Å². The van der Waals surface area contributed by atoms with Crippen molar-refractivity contribution in [1.29, 1.82) is 0 Å². The Hall–Kier alpha value is -1.49. The second-order valence-electron chi connectivity index (χ2n) is 3.58. The molecule has 0 bridgehead atoms. The van der Waals surface area contributed by atoms with Crippen molar-refractivity contribution in [2.24, 2.45) is 0 Å². The van der Waals surface area contributed by atoms with Gasteiger partial charge in [0.2, 0.25) is 5.82 Å². The molecular formula is C10H16N4O. The number of carbonyl (C=O) groups is 1. The molecule has 0 radical (unpaired) electrons. The van der Waals surface area contributed by atoms with E-state index in [0.717, 1.165) is 12.2 Å². The number of nitrogens with one attached hydrogen (secondary N) is 1. The fraction of sp³-hybridized carbons (Fsp3) is 0.500. The Morgan fingerprint density at radius 1 is 1.53 bits per heavy atom. The molecule has 0 saturated heterocycles. The minimum Gasteiger partial charge on any atom is -0.348 e. The van der Waals surface area contributed by atoms with Gasteiger partial charge in [0.25, 0.3) is 5.91 Å². The molecule has 5 heteroatoms. The average Bonchev–Trinajstić information content (AvgIpc) is 2.17. The molecule has 1 heterocycles. The molecule has 0 spiro atoms. The smallest absolute Gasteiger partial charge is 0.289 e. The van der Waals surface area contributed by atoms with Crippen LogP contribution in [0.25, 0.3) is 0 Å². The van der Waals surface area contributed by atoms with Crippen molar-refractivity contribution >= 4 is 5.91 Å². The van der Waals surface area contributed by atoms with Gasteiger partial charge in [-0.05, 0) is 27.1 Å². The minimum absolute atomic E-state index is 0.222. The molecule has 0 atom stereocenters. The molecule has 1 N–H and O–H groups in total. The van der Waals surface area contributed by atoms with E-state index in [9.17, 15) is 4.79 Å². The van der Waals surface area contributed by atoms with Gasteiger partial charge in [-0.25, -0.2) is 9.97 Å². The predicted octanol–water partition coefficient (Wildman–Crippen LogP) is 0.0764. The SMILES string of the molecule is Cc1ccnc(C(=O)NCCN(C)C)n1. The third-order valence-corrected chi connectivity index (χ3v) is 1.84. The molecule has 15 heavy (non-hydrogen) atoms. The lowest BCUT2D eigenvalue weighted by Gasteiger charge is -2.09. The maximum absolute atomic E-state index is 11.5. The summed E-state index contributed by atoms with van der Waals surface area (Å²) in [5.41, 5.74) is 0.794. The number of aromatic nitrogens is 2. The first kappa shape index (κ1) is 11.6. The summed E-state index contributed by atoms with van der Waals surface area (Å²) in [5, 5.41) is 2.75. The van der Waals surface area contributed by atoms with Crippen LogP contribution < -0.4 is 5.32 Å². The van der Waals surface area contributed by atoms with Gasteiger partial charge in [0.15, 0.2) is 0 Å². The Morgan fingerprint density at radius 3 is 2.87 bits per heavy atom. The van der Waals surface area contributed by atoms with E-state index in [0.29, 0.717) is 6.54 Å². The standard InChI is InChI=1S/C10H16N4O/c1-8-4-5-11-9(13-8)10(15)12-6-7-14(2)3/h4-5H,6-7H2,1-3H3,(H,12,15). The molecule has 1 aromatic heterocycles. The summed E-state index contributed by atoms with van der Waals surface area (Å²) in [5.74, 6) is 0.00862. The van der Waals surface area contributed by atoms with Gasteiger partial charge in [0.1, 0.15) is 0 Å². The molecule has 0 unspecified atom stereocenters. The van der Waals surface area contributed by atoms with Crippen molar-refractivity contribution in [3.05, 3.63) is 23.8 Å². The van der Waals surface area contributed by atoms with Crippen molar-refractivity contribution < 1.29 is 4.79 Å². The van der Waals surface area contributed by atoms with Crippen LogP contribution in [-0.2, 0) is 0 Å². The molecule has 5 nitrogen and oxygen atoms in total. The van der Waals surface area contributed by atoms with Gasteiger partial charge in [0.05, 0.1) is 0 Å². The third kappa shape index (κ3) is 4.03. The molecule has 1 amide bonds. The second kappa shape index (κ2) is 5.41. The van der Waals surface area contributed by atoms with Crippen molar-refractivity contribution in [3.63, 3.8) is 0 Å². The van der Waals surface area contributed by atoms with E-state index < -0.39 is 0 Å². The van der Waals surface area contributed by atoms with Gasteiger partial charge < -0.3 is 10.2 Å². The van der Waals surface area contributed by atoms with Crippen molar-refractivity contribution in [2.75, 3.05) is 27.2 Å².